The Morgan fingerprint density at radius 1 is 1.33 bits per heavy atom. The summed E-state index contributed by atoms with van der Waals surface area (Å²) >= 11 is 0. The lowest BCUT2D eigenvalue weighted by atomic mass is 10.2. The van der Waals surface area contributed by atoms with Crippen LogP contribution in [0.3, 0.4) is 0 Å². The lowest BCUT2D eigenvalue weighted by molar-refractivity contribution is -0.121. The number of amides is 3. The van der Waals surface area contributed by atoms with Gasteiger partial charge in [0.2, 0.25) is 5.91 Å². The molecule has 2 rings (SSSR count). The number of pyridine rings is 1. The quantitative estimate of drug-likeness (QED) is 0.621. The first-order valence-electron chi connectivity index (χ1n) is 6.57. The van der Waals surface area contributed by atoms with Crippen molar-refractivity contribution in [3.8, 4) is 0 Å². The van der Waals surface area contributed by atoms with Gasteiger partial charge in [-0.05, 0) is 6.07 Å². The van der Waals surface area contributed by atoms with Gasteiger partial charge >= 0.3 is 6.03 Å². The molecule has 114 valence electrons. The maximum absolute atomic E-state index is 12.2. The van der Waals surface area contributed by atoms with Crippen LogP contribution in [0, 0.1) is 0 Å². The first kappa shape index (κ1) is 15.2. The van der Waals surface area contributed by atoms with Crippen molar-refractivity contribution >= 4 is 11.9 Å². The van der Waals surface area contributed by atoms with Gasteiger partial charge in [0.25, 0.3) is 5.56 Å². The number of hydrogen-bond acceptors (Lipinski definition) is 5. The fourth-order valence-corrected chi connectivity index (χ4v) is 2.09. The zero-order chi connectivity index (χ0) is 15.4. The molecule has 1 aromatic rings. The minimum Gasteiger partial charge on any atom is -0.394 e. The molecular formula is C13H17N3O5. The molecule has 1 aliphatic rings. The third kappa shape index (κ3) is 3.67. The number of hydrogen-bond donors (Lipinski definition) is 3. The van der Waals surface area contributed by atoms with Crippen molar-refractivity contribution in [3.63, 3.8) is 0 Å². The van der Waals surface area contributed by atoms with Gasteiger partial charge in [-0.15, -0.1) is 0 Å². The zero-order valence-electron chi connectivity index (χ0n) is 11.4. The van der Waals surface area contributed by atoms with Crippen LogP contribution >= 0.6 is 0 Å². The molecule has 1 saturated heterocycles. The minimum atomic E-state index is -1.02. The van der Waals surface area contributed by atoms with E-state index in [4.69, 9.17) is 5.11 Å². The van der Waals surface area contributed by atoms with Crippen LogP contribution in [0.25, 0.3) is 0 Å². The molecule has 21 heavy (non-hydrogen) atoms. The number of carbonyl (C=O) groups is 2. The summed E-state index contributed by atoms with van der Waals surface area (Å²) in [5.74, 6) is -0.326. The Balaban J connectivity index is 2.14. The number of nitrogens with one attached hydrogen (secondary N) is 1. The van der Waals surface area contributed by atoms with Crippen LogP contribution in [-0.2, 0) is 17.9 Å². The Labute approximate surface area is 120 Å². The van der Waals surface area contributed by atoms with Crippen molar-refractivity contribution in [2.24, 2.45) is 0 Å². The fourth-order valence-electron chi connectivity index (χ4n) is 2.09. The Kier molecular flexibility index (Phi) is 4.71. The van der Waals surface area contributed by atoms with Gasteiger partial charge in [0.15, 0.2) is 0 Å². The fraction of sp³-hybridized carbons (Fsp3) is 0.462. The smallest absolute Gasteiger partial charge is 0.324 e. The number of rotatable bonds is 5. The van der Waals surface area contributed by atoms with E-state index < -0.39 is 18.7 Å². The number of carbonyl (C=O) groups excluding carboxylic acids is 2. The summed E-state index contributed by atoms with van der Waals surface area (Å²) in [4.78, 5) is 36.3. The number of imide groups is 1. The van der Waals surface area contributed by atoms with Gasteiger partial charge in [-0.2, -0.15) is 0 Å². The van der Waals surface area contributed by atoms with Crippen LogP contribution in [-0.4, -0.2) is 50.9 Å². The molecule has 0 saturated carbocycles. The summed E-state index contributed by atoms with van der Waals surface area (Å²) in [5, 5.41) is 20.4. The summed E-state index contributed by atoms with van der Waals surface area (Å²) in [6.45, 7) is -0.104. The molecule has 1 aliphatic heterocycles. The Morgan fingerprint density at radius 2 is 2.10 bits per heavy atom. The van der Waals surface area contributed by atoms with Crippen LogP contribution in [0.1, 0.15) is 12.0 Å². The van der Waals surface area contributed by atoms with Crippen molar-refractivity contribution in [1.29, 1.82) is 0 Å². The molecule has 0 radical (unpaired) electrons. The largest absolute Gasteiger partial charge is 0.394 e. The lowest BCUT2D eigenvalue weighted by Gasteiger charge is -2.26. The molecule has 8 nitrogen and oxygen atoms in total. The highest BCUT2D eigenvalue weighted by molar-refractivity contribution is 5.96. The van der Waals surface area contributed by atoms with E-state index in [0.717, 1.165) is 0 Å². The first-order chi connectivity index (χ1) is 10.0. The Hall–Kier alpha value is -2.19. The number of aliphatic hydroxyl groups is 2. The number of aliphatic hydroxyl groups excluding tert-OH is 2. The summed E-state index contributed by atoms with van der Waals surface area (Å²) < 4.78 is 1.28. The molecule has 8 heteroatoms. The molecular weight excluding hydrogens is 278 g/mol. The average Bonchev–Trinajstić information content (AvgIpc) is 2.45. The summed E-state index contributed by atoms with van der Waals surface area (Å²) in [5.41, 5.74) is 0.0434. The van der Waals surface area contributed by atoms with Gasteiger partial charge in [-0.1, -0.05) is 6.07 Å². The third-order valence-corrected chi connectivity index (χ3v) is 3.22. The van der Waals surface area contributed by atoms with E-state index >= 15 is 0 Å². The topological polar surface area (TPSA) is 112 Å². The highest BCUT2D eigenvalue weighted by atomic mass is 16.3. The van der Waals surface area contributed by atoms with Gasteiger partial charge in [0, 0.05) is 24.7 Å². The van der Waals surface area contributed by atoms with E-state index in [1.165, 1.54) is 15.7 Å². The third-order valence-electron chi connectivity index (χ3n) is 3.22. The van der Waals surface area contributed by atoms with Crippen LogP contribution in [0.4, 0.5) is 4.79 Å². The van der Waals surface area contributed by atoms with Crippen molar-refractivity contribution in [2.45, 2.75) is 25.6 Å². The minimum absolute atomic E-state index is 0.0200. The van der Waals surface area contributed by atoms with Gasteiger partial charge in [-0.25, -0.2) is 4.79 Å². The molecule has 2 heterocycles. The summed E-state index contributed by atoms with van der Waals surface area (Å²) in [6, 6.07) is 2.71. The lowest BCUT2D eigenvalue weighted by Crippen LogP contribution is -2.49. The summed E-state index contributed by atoms with van der Waals surface area (Å²) in [6.07, 6.45) is 0.689. The van der Waals surface area contributed by atoms with Crippen molar-refractivity contribution in [1.82, 2.24) is 14.8 Å². The van der Waals surface area contributed by atoms with E-state index in [9.17, 15) is 19.5 Å². The normalized spacial score (nSPS) is 16.8. The Bertz CT molecular complexity index is 598. The molecule has 0 aliphatic carbocycles. The molecule has 1 unspecified atom stereocenters. The number of aromatic nitrogens is 1. The number of urea groups is 1. The van der Waals surface area contributed by atoms with E-state index in [-0.39, 0.29) is 37.5 Å². The van der Waals surface area contributed by atoms with E-state index in [1.807, 2.05) is 0 Å². The van der Waals surface area contributed by atoms with Crippen molar-refractivity contribution < 1.29 is 19.8 Å². The maximum atomic E-state index is 12.2. The van der Waals surface area contributed by atoms with E-state index in [1.54, 1.807) is 12.1 Å². The molecule has 0 bridgehead atoms. The summed E-state index contributed by atoms with van der Waals surface area (Å²) in [7, 11) is 0. The molecule has 3 amide bonds. The van der Waals surface area contributed by atoms with E-state index in [0.29, 0.717) is 5.56 Å². The Morgan fingerprint density at radius 3 is 2.76 bits per heavy atom. The predicted octanol–water partition coefficient (Wildman–Crippen LogP) is -1.36. The van der Waals surface area contributed by atoms with Gasteiger partial charge in [-0.3, -0.25) is 14.9 Å². The predicted molar refractivity (Wildman–Crippen MR) is 72.4 cm³/mol. The SMILES string of the molecule is O=C1CCN(Cc2cccn(CC(O)CO)c2=O)C(=O)N1. The van der Waals surface area contributed by atoms with Gasteiger partial charge < -0.3 is 19.7 Å². The van der Waals surface area contributed by atoms with E-state index in [2.05, 4.69) is 5.32 Å². The van der Waals surface area contributed by atoms with Crippen molar-refractivity contribution in [3.05, 3.63) is 34.2 Å². The van der Waals surface area contributed by atoms with Crippen LogP contribution in [0.5, 0.6) is 0 Å². The highest BCUT2D eigenvalue weighted by Gasteiger charge is 2.23. The molecule has 0 aromatic carbocycles. The number of nitrogens with zero attached hydrogens (tertiary/aromatic N) is 2. The monoisotopic (exact) mass is 295 g/mol. The van der Waals surface area contributed by atoms with Gasteiger partial charge in [0.1, 0.15) is 0 Å². The molecule has 1 aromatic heterocycles. The maximum Gasteiger partial charge on any atom is 0.324 e. The van der Waals surface area contributed by atoms with Gasteiger partial charge in [0.05, 0.1) is 25.8 Å². The van der Waals surface area contributed by atoms with Crippen LogP contribution < -0.4 is 10.9 Å². The average molecular weight is 295 g/mol. The molecule has 1 fully saturated rings. The van der Waals surface area contributed by atoms with Crippen LogP contribution in [0.15, 0.2) is 23.1 Å². The molecule has 3 N–H and O–H groups in total. The second-order valence-electron chi connectivity index (χ2n) is 4.85. The highest BCUT2D eigenvalue weighted by Crippen LogP contribution is 2.06. The van der Waals surface area contributed by atoms with Crippen molar-refractivity contribution in [2.75, 3.05) is 13.2 Å². The molecule has 0 spiro atoms. The zero-order valence-corrected chi connectivity index (χ0v) is 11.4. The first-order valence-corrected chi connectivity index (χ1v) is 6.57. The second-order valence-corrected chi connectivity index (χ2v) is 4.85. The standard InChI is InChI=1S/C13H17N3O5/c17-8-10(18)7-15-4-1-2-9(12(15)20)6-16-5-3-11(19)14-13(16)21/h1-2,4,10,17-18H,3,5-8H2,(H,14,19,21). The molecule has 1 atom stereocenters. The van der Waals surface area contributed by atoms with Crippen LogP contribution in [0.2, 0.25) is 0 Å². The second kappa shape index (κ2) is 6.51.